The van der Waals surface area contributed by atoms with Crippen LogP contribution in [0, 0.1) is 11.8 Å². The summed E-state index contributed by atoms with van der Waals surface area (Å²) in [6.45, 7) is 2.74. The number of amides is 2. The molecule has 136 valence electrons. The lowest BCUT2D eigenvalue weighted by Crippen LogP contribution is -2.61. The smallest absolute Gasteiger partial charge is 0.242 e. The summed E-state index contributed by atoms with van der Waals surface area (Å²) in [6.07, 6.45) is 5.71. The van der Waals surface area contributed by atoms with Gasteiger partial charge in [0.05, 0.1) is 17.4 Å². The Kier molecular flexibility index (Phi) is 3.72. The number of carbonyl (C=O) groups is 2. The largest absolute Gasteiger partial charge is 0.340 e. The fourth-order valence-corrected chi connectivity index (χ4v) is 5.20. The van der Waals surface area contributed by atoms with E-state index < -0.39 is 0 Å². The summed E-state index contributed by atoms with van der Waals surface area (Å²) >= 11 is 0. The number of para-hydroxylation sites is 2. The van der Waals surface area contributed by atoms with Gasteiger partial charge in [-0.15, -0.1) is 0 Å². The summed E-state index contributed by atoms with van der Waals surface area (Å²) in [5.74, 6) is 1.35. The molecule has 4 heterocycles. The molecule has 0 unspecified atom stereocenters. The zero-order chi connectivity index (χ0) is 17.7. The molecule has 2 aromatic rings. The summed E-state index contributed by atoms with van der Waals surface area (Å²) < 4.78 is 1.94. The van der Waals surface area contributed by atoms with Gasteiger partial charge in [-0.3, -0.25) is 9.59 Å². The van der Waals surface area contributed by atoms with E-state index in [0.29, 0.717) is 36.8 Å². The van der Waals surface area contributed by atoms with Crippen LogP contribution in [0.3, 0.4) is 0 Å². The first kappa shape index (κ1) is 15.9. The molecule has 5 rings (SSSR count). The predicted octanol–water partition coefficient (Wildman–Crippen LogP) is 1.90. The average Bonchev–Trinajstić information content (AvgIpc) is 3.05. The molecule has 2 amide bonds. The minimum Gasteiger partial charge on any atom is -0.340 e. The first-order chi connectivity index (χ1) is 12.7. The zero-order valence-electron chi connectivity index (χ0n) is 14.9. The standard InChI is InChI=1S/C20H24N4O2/c25-19-7-3-6-17-15-8-14(10-24(17)19)9-22(11-15)20(26)12-23-13-21-16-4-1-2-5-18(16)23/h1-2,4-5,13-15,17H,3,6-12H2/t14-,15-,17+/m1/s1. The van der Waals surface area contributed by atoms with E-state index in [1.807, 2.05) is 33.7 Å². The predicted molar refractivity (Wildman–Crippen MR) is 97.3 cm³/mol. The van der Waals surface area contributed by atoms with E-state index >= 15 is 0 Å². The second-order valence-corrected chi connectivity index (χ2v) is 8.03. The first-order valence-corrected chi connectivity index (χ1v) is 9.66. The van der Waals surface area contributed by atoms with Crippen LogP contribution in [-0.2, 0) is 16.1 Å². The van der Waals surface area contributed by atoms with E-state index in [2.05, 4.69) is 9.88 Å². The van der Waals surface area contributed by atoms with Gasteiger partial charge in [-0.2, -0.15) is 0 Å². The van der Waals surface area contributed by atoms with Gasteiger partial charge in [0.2, 0.25) is 11.8 Å². The Morgan fingerprint density at radius 2 is 2.08 bits per heavy atom. The number of carbonyl (C=O) groups excluding carboxylic acids is 2. The number of fused-ring (bicyclic) bond motifs is 5. The quantitative estimate of drug-likeness (QED) is 0.829. The van der Waals surface area contributed by atoms with Gasteiger partial charge in [0.25, 0.3) is 0 Å². The zero-order valence-corrected chi connectivity index (χ0v) is 14.9. The number of hydrogen-bond acceptors (Lipinski definition) is 3. The van der Waals surface area contributed by atoms with Gasteiger partial charge < -0.3 is 14.4 Å². The van der Waals surface area contributed by atoms with E-state index in [1.54, 1.807) is 6.33 Å². The van der Waals surface area contributed by atoms with Crippen LogP contribution < -0.4 is 0 Å². The molecule has 26 heavy (non-hydrogen) atoms. The topological polar surface area (TPSA) is 58.4 Å². The highest BCUT2D eigenvalue weighted by molar-refractivity contribution is 5.81. The molecule has 3 aliphatic heterocycles. The summed E-state index contributed by atoms with van der Waals surface area (Å²) in [5.41, 5.74) is 1.93. The molecule has 1 aromatic carbocycles. The number of hydrogen-bond donors (Lipinski definition) is 0. The maximum absolute atomic E-state index is 13.0. The molecule has 0 radical (unpaired) electrons. The van der Waals surface area contributed by atoms with Gasteiger partial charge in [0.1, 0.15) is 6.54 Å². The minimum absolute atomic E-state index is 0.165. The van der Waals surface area contributed by atoms with Crippen molar-refractivity contribution in [1.82, 2.24) is 19.4 Å². The van der Waals surface area contributed by atoms with Crippen molar-refractivity contribution in [2.75, 3.05) is 19.6 Å². The number of aromatic nitrogens is 2. The van der Waals surface area contributed by atoms with E-state index in [-0.39, 0.29) is 5.91 Å². The van der Waals surface area contributed by atoms with Crippen molar-refractivity contribution in [2.24, 2.45) is 11.8 Å². The van der Waals surface area contributed by atoms with Crippen molar-refractivity contribution >= 4 is 22.8 Å². The SMILES string of the molecule is O=C(Cn1cnc2ccccc21)N1C[C@H]2C[C@H](C1)[C@@H]1CCCC(=O)N1C2. The average molecular weight is 352 g/mol. The van der Waals surface area contributed by atoms with Gasteiger partial charge in [-0.25, -0.2) is 4.98 Å². The van der Waals surface area contributed by atoms with Crippen molar-refractivity contribution in [3.05, 3.63) is 30.6 Å². The molecule has 3 saturated heterocycles. The number of benzene rings is 1. The molecular weight excluding hydrogens is 328 g/mol. The minimum atomic E-state index is 0.165. The highest BCUT2D eigenvalue weighted by Gasteiger charge is 2.44. The lowest BCUT2D eigenvalue weighted by Gasteiger charge is -2.52. The lowest BCUT2D eigenvalue weighted by molar-refractivity contribution is -0.148. The lowest BCUT2D eigenvalue weighted by atomic mass is 9.76. The van der Waals surface area contributed by atoms with Crippen LogP contribution in [0.4, 0.5) is 0 Å². The van der Waals surface area contributed by atoms with Crippen LogP contribution in [0.15, 0.2) is 30.6 Å². The Morgan fingerprint density at radius 3 is 3.00 bits per heavy atom. The van der Waals surface area contributed by atoms with E-state index in [9.17, 15) is 9.59 Å². The monoisotopic (exact) mass is 352 g/mol. The Balaban J connectivity index is 1.32. The molecule has 3 atom stereocenters. The van der Waals surface area contributed by atoms with Gasteiger partial charge >= 0.3 is 0 Å². The van der Waals surface area contributed by atoms with Crippen LogP contribution in [0.25, 0.3) is 11.0 Å². The third-order valence-corrected chi connectivity index (χ3v) is 6.37. The maximum Gasteiger partial charge on any atom is 0.242 e. The number of imidazole rings is 1. The highest BCUT2D eigenvalue weighted by Crippen LogP contribution is 2.38. The third kappa shape index (κ3) is 2.59. The molecule has 0 spiro atoms. The van der Waals surface area contributed by atoms with Gasteiger partial charge in [0, 0.05) is 32.1 Å². The number of nitrogens with zero attached hydrogens (tertiary/aromatic N) is 4. The van der Waals surface area contributed by atoms with Crippen LogP contribution in [0.5, 0.6) is 0 Å². The molecule has 6 heteroatoms. The van der Waals surface area contributed by atoms with E-state index in [1.165, 1.54) is 0 Å². The molecular formula is C20H24N4O2. The second kappa shape index (κ2) is 6.11. The molecule has 3 fully saturated rings. The summed E-state index contributed by atoms with van der Waals surface area (Å²) in [4.78, 5) is 33.7. The normalized spacial score (nSPS) is 28.3. The Labute approximate surface area is 152 Å². The van der Waals surface area contributed by atoms with E-state index in [4.69, 9.17) is 0 Å². The Morgan fingerprint density at radius 1 is 1.19 bits per heavy atom. The van der Waals surface area contributed by atoms with E-state index in [0.717, 1.165) is 49.9 Å². The number of rotatable bonds is 2. The molecule has 2 bridgehead atoms. The maximum atomic E-state index is 13.0. The van der Waals surface area contributed by atoms with Crippen LogP contribution in [0.1, 0.15) is 25.7 Å². The third-order valence-electron chi connectivity index (χ3n) is 6.37. The molecule has 0 aliphatic carbocycles. The molecule has 0 saturated carbocycles. The van der Waals surface area contributed by atoms with Gasteiger partial charge in [-0.05, 0) is 43.2 Å². The van der Waals surface area contributed by atoms with Crippen molar-refractivity contribution in [3.63, 3.8) is 0 Å². The van der Waals surface area contributed by atoms with Crippen molar-refractivity contribution < 1.29 is 9.59 Å². The Hall–Kier alpha value is -2.37. The molecule has 1 aromatic heterocycles. The number of piperidine rings is 3. The molecule has 3 aliphatic rings. The fraction of sp³-hybridized carbons (Fsp3) is 0.550. The van der Waals surface area contributed by atoms with Gasteiger partial charge in [0.15, 0.2) is 0 Å². The van der Waals surface area contributed by atoms with Crippen molar-refractivity contribution in [3.8, 4) is 0 Å². The van der Waals surface area contributed by atoms with Crippen molar-refractivity contribution in [1.29, 1.82) is 0 Å². The Bertz CT molecular complexity index is 860. The van der Waals surface area contributed by atoms with Crippen LogP contribution in [0.2, 0.25) is 0 Å². The molecule has 6 nitrogen and oxygen atoms in total. The highest BCUT2D eigenvalue weighted by atomic mass is 16.2. The summed E-state index contributed by atoms with van der Waals surface area (Å²) in [7, 11) is 0. The first-order valence-electron chi connectivity index (χ1n) is 9.66. The second-order valence-electron chi connectivity index (χ2n) is 8.03. The van der Waals surface area contributed by atoms with Crippen LogP contribution in [-0.4, -0.2) is 56.8 Å². The summed E-state index contributed by atoms with van der Waals surface area (Å²) in [6, 6.07) is 8.26. The summed E-state index contributed by atoms with van der Waals surface area (Å²) in [5, 5.41) is 0. The van der Waals surface area contributed by atoms with Crippen LogP contribution >= 0.6 is 0 Å². The fourth-order valence-electron chi connectivity index (χ4n) is 5.20. The number of likely N-dealkylation sites (tertiary alicyclic amines) is 1. The van der Waals surface area contributed by atoms with Crippen molar-refractivity contribution in [2.45, 2.75) is 38.3 Å². The molecule has 0 N–H and O–H groups in total. The van der Waals surface area contributed by atoms with Gasteiger partial charge in [-0.1, -0.05) is 12.1 Å².